The van der Waals surface area contributed by atoms with Crippen molar-refractivity contribution in [3.8, 4) is 11.5 Å². The zero-order valence-electron chi connectivity index (χ0n) is 11.6. The predicted molar refractivity (Wildman–Crippen MR) is 83.4 cm³/mol. The lowest BCUT2D eigenvalue weighted by Crippen LogP contribution is -2.13. The van der Waals surface area contributed by atoms with Gasteiger partial charge in [0.2, 0.25) is 0 Å². The number of anilines is 2. The van der Waals surface area contributed by atoms with Crippen molar-refractivity contribution in [2.75, 3.05) is 25.3 Å². The maximum absolute atomic E-state index is 12.3. The second kappa shape index (κ2) is 6.37. The molecule has 0 unspecified atom stereocenters. The quantitative estimate of drug-likeness (QED) is 0.851. The second-order valence-corrected chi connectivity index (χ2v) is 4.69. The van der Waals surface area contributed by atoms with E-state index in [4.69, 9.17) is 26.8 Å². The van der Waals surface area contributed by atoms with Crippen LogP contribution in [0.1, 0.15) is 10.4 Å². The van der Waals surface area contributed by atoms with Crippen molar-refractivity contribution in [1.29, 1.82) is 0 Å². The lowest BCUT2D eigenvalue weighted by molar-refractivity contribution is 0.102. The topological polar surface area (TPSA) is 73.6 Å². The van der Waals surface area contributed by atoms with E-state index in [1.165, 1.54) is 14.2 Å². The van der Waals surface area contributed by atoms with E-state index >= 15 is 0 Å². The largest absolute Gasteiger partial charge is 0.496 e. The number of halogens is 1. The van der Waals surface area contributed by atoms with Crippen molar-refractivity contribution in [3.63, 3.8) is 0 Å². The minimum absolute atomic E-state index is 0.310. The number of benzene rings is 2. The van der Waals surface area contributed by atoms with Crippen LogP contribution in [0.4, 0.5) is 11.4 Å². The molecule has 0 fully saturated rings. The average molecular weight is 307 g/mol. The molecule has 0 atom stereocenters. The summed E-state index contributed by atoms with van der Waals surface area (Å²) in [7, 11) is 2.99. The summed E-state index contributed by atoms with van der Waals surface area (Å²) in [4.78, 5) is 12.3. The Morgan fingerprint density at radius 2 is 1.81 bits per heavy atom. The SMILES string of the molecule is COc1cc(NC(=O)c2ccc(Cl)cc2OC)ccc1N. The van der Waals surface area contributed by atoms with Crippen molar-refractivity contribution in [2.24, 2.45) is 0 Å². The molecule has 3 N–H and O–H groups in total. The Morgan fingerprint density at radius 1 is 1.10 bits per heavy atom. The fourth-order valence-electron chi connectivity index (χ4n) is 1.84. The molecule has 0 aromatic heterocycles. The number of rotatable bonds is 4. The van der Waals surface area contributed by atoms with Crippen LogP contribution >= 0.6 is 11.6 Å². The summed E-state index contributed by atoms with van der Waals surface area (Å²) in [6.07, 6.45) is 0. The van der Waals surface area contributed by atoms with E-state index in [0.29, 0.717) is 33.5 Å². The number of carbonyl (C=O) groups is 1. The summed E-state index contributed by atoms with van der Waals surface area (Å²) in [5.74, 6) is 0.591. The predicted octanol–water partition coefficient (Wildman–Crippen LogP) is 3.19. The Morgan fingerprint density at radius 3 is 2.48 bits per heavy atom. The normalized spacial score (nSPS) is 10.0. The third-order valence-electron chi connectivity index (χ3n) is 2.90. The highest BCUT2D eigenvalue weighted by atomic mass is 35.5. The molecule has 5 nitrogen and oxygen atoms in total. The number of amides is 1. The number of nitrogens with two attached hydrogens (primary N) is 1. The van der Waals surface area contributed by atoms with Crippen LogP contribution in [0.15, 0.2) is 36.4 Å². The smallest absolute Gasteiger partial charge is 0.259 e. The van der Waals surface area contributed by atoms with Gasteiger partial charge in [0, 0.05) is 16.8 Å². The number of hydrogen-bond donors (Lipinski definition) is 2. The molecule has 0 saturated heterocycles. The van der Waals surface area contributed by atoms with E-state index in [1.54, 1.807) is 36.4 Å². The van der Waals surface area contributed by atoms with E-state index in [-0.39, 0.29) is 5.91 Å². The van der Waals surface area contributed by atoms with Gasteiger partial charge in [-0.05, 0) is 30.3 Å². The monoisotopic (exact) mass is 306 g/mol. The number of methoxy groups -OCH3 is 2. The van der Waals surface area contributed by atoms with Crippen molar-refractivity contribution in [1.82, 2.24) is 0 Å². The Labute approximate surface area is 127 Å². The molecule has 1 amide bonds. The molecule has 0 bridgehead atoms. The lowest BCUT2D eigenvalue weighted by atomic mass is 10.1. The number of ether oxygens (including phenoxy) is 2. The molecule has 0 spiro atoms. The summed E-state index contributed by atoms with van der Waals surface area (Å²) in [6.45, 7) is 0. The maximum atomic E-state index is 12.3. The summed E-state index contributed by atoms with van der Waals surface area (Å²) < 4.78 is 10.3. The number of hydrogen-bond acceptors (Lipinski definition) is 4. The highest BCUT2D eigenvalue weighted by molar-refractivity contribution is 6.31. The van der Waals surface area contributed by atoms with Crippen LogP contribution in [0.5, 0.6) is 11.5 Å². The highest BCUT2D eigenvalue weighted by Gasteiger charge is 2.13. The third-order valence-corrected chi connectivity index (χ3v) is 3.13. The summed E-state index contributed by atoms with van der Waals surface area (Å²) >= 11 is 5.88. The minimum Gasteiger partial charge on any atom is -0.496 e. The highest BCUT2D eigenvalue weighted by Crippen LogP contribution is 2.27. The molecule has 0 aliphatic heterocycles. The van der Waals surface area contributed by atoms with Crippen molar-refractivity contribution < 1.29 is 14.3 Å². The molecule has 0 aliphatic rings. The van der Waals surface area contributed by atoms with Crippen LogP contribution in [0, 0.1) is 0 Å². The standard InChI is InChI=1S/C15H15ClN2O3/c1-20-13-7-9(16)3-5-11(13)15(19)18-10-4-6-12(17)14(8-10)21-2/h3-8H,17H2,1-2H3,(H,18,19). The Balaban J connectivity index is 2.26. The lowest BCUT2D eigenvalue weighted by Gasteiger charge is -2.11. The molecule has 0 saturated carbocycles. The minimum atomic E-state index is -0.310. The van der Waals surface area contributed by atoms with Crippen molar-refractivity contribution in [2.45, 2.75) is 0 Å². The Kier molecular flexibility index (Phi) is 4.55. The van der Waals surface area contributed by atoms with Gasteiger partial charge >= 0.3 is 0 Å². The summed E-state index contributed by atoms with van der Waals surface area (Å²) in [5, 5.41) is 3.25. The average Bonchev–Trinajstić information content (AvgIpc) is 2.48. The van der Waals surface area contributed by atoms with Crippen molar-refractivity contribution in [3.05, 3.63) is 47.0 Å². The maximum Gasteiger partial charge on any atom is 0.259 e. The molecule has 2 aromatic rings. The van der Waals surface area contributed by atoms with E-state index in [9.17, 15) is 4.79 Å². The van der Waals surface area contributed by atoms with Crippen LogP contribution in [-0.4, -0.2) is 20.1 Å². The fraction of sp³-hybridized carbons (Fsp3) is 0.133. The molecule has 0 radical (unpaired) electrons. The molecule has 110 valence electrons. The second-order valence-electron chi connectivity index (χ2n) is 4.26. The number of nitrogens with one attached hydrogen (secondary N) is 1. The van der Waals surface area contributed by atoms with Gasteiger partial charge in [0.05, 0.1) is 25.5 Å². The van der Waals surface area contributed by atoms with Gasteiger partial charge in [0.1, 0.15) is 11.5 Å². The fourth-order valence-corrected chi connectivity index (χ4v) is 2.00. The van der Waals surface area contributed by atoms with Crippen LogP contribution < -0.4 is 20.5 Å². The van der Waals surface area contributed by atoms with Gasteiger partial charge in [-0.15, -0.1) is 0 Å². The first kappa shape index (κ1) is 15.0. The van der Waals surface area contributed by atoms with E-state index in [2.05, 4.69) is 5.32 Å². The van der Waals surface area contributed by atoms with E-state index < -0.39 is 0 Å². The summed E-state index contributed by atoms with van der Waals surface area (Å²) in [5.41, 5.74) is 7.19. The molecular weight excluding hydrogens is 292 g/mol. The summed E-state index contributed by atoms with van der Waals surface area (Å²) in [6, 6.07) is 9.81. The molecule has 21 heavy (non-hydrogen) atoms. The Hall–Kier alpha value is -2.40. The molecule has 0 heterocycles. The van der Waals surface area contributed by atoms with Gasteiger partial charge in [-0.25, -0.2) is 0 Å². The van der Waals surface area contributed by atoms with Crippen LogP contribution in [0.3, 0.4) is 0 Å². The Bertz CT molecular complexity index is 674. The molecule has 2 aromatic carbocycles. The van der Waals surface area contributed by atoms with Crippen molar-refractivity contribution >= 4 is 28.9 Å². The van der Waals surface area contributed by atoms with Crippen LogP contribution in [0.25, 0.3) is 0 Å². The van der Waals surface area contributed by atoms with Gasteiger partial charge < -0.3 is 20.5 Å². The first-order chi connectivity index (χ1) is 10.0. The first-order valence-corrected chi connectivity index (χ1v) is 6.51. The van der Waals surface area contributed by atoms with Crippen LogP contribution in [-0.2, 0) is 0 Å². The zero-order valence-corrected chi connectivity index (χ0v) is 12.4. The van der Waals surface area contributed by atoms with Gasteiger partial charge in [-0.1, -0.05) is 11.6 Å². The van der Waals surface area contributed by atoms with Gasteiger partial charge in [-0.2, -0.15) is 0 Å². The molecular formula is C15H15ClN2O3. The first-order valence-electron chi connectivity index (χ1n) is 6.13. The van der Waals surface area contributed by atoms with Gasteiger partial charge in [0.25, 0.3) is 5.91 Å². The molecule has 0 aliphatic carbocycles. The van der Waals surface area contributed by atoms with E-state index in [1.807, 2.05) is 0 Å². The molecule has 6 heteroatoms. The van der Waals surface area contributed by atoms with Gasteiger partial charge in [-0.3, -0.25) is 4.79 Å². The number of carbonyl (C=O) groups excluding carboxylic acids is 1. The zero-order chi connectivity index (χ0) is 15.4. The van der Waals surface area contributed by atoms with Crippen LogP contribution in [0.2, 0.25) is 5.02 Å². The van der Waals surface area contributed by atoms with E-state index in [0.717, 1.165) is 0 Å². The number of nitrogen functional groups attached to an aromatic ring is 1. The third kappa shape index (κ3) is 3.38. The molecule has 2 rings (SSSR count). The van der Waals surface area contributed by atoms with Gasteiger partial charge in [0.15, 0.2) is 0 Å².